The van der Waals surface area contributed by atoms with E-state index in [0.29, 0.717) is 40.6 Å². The first kappa shape index (κ1) is 28.1. The molecule has 0 aliphatic carbocycles. The molecule has 0 radical (unpaired) electrons. The van der Waals surface area contributed by atoms with Crippen molar-refractivity contribution in [3.8, 4) is 0 Å². The van der Waals surface area contributed by atoms with Crippen LogP contribution in [0.2, 0.25) is 5.02 Å². The third kappa shape index (κ3) is 7.04. The highest BCUT2D eigenvalue weighted by molar-refractivity contribution is 9.10. The number of rotatable bonds is 10. The largest absolute Gasteiger partial charge is 0.342 e. The third-order valence-electron chi connectivity index (χ3n) is 5.11. The van der Waals surface area contributed by atoms with Gasteiger partial charge in [-0.05, 0) is 53.4 Å². The predicted molar refractivity (Wildman–Crippen MR) is 140 cm³/mol. The van der Waals surface area contributed by atoms with Crippen LogP contribution in [0, 0.1) is 17.6 Å². The summed E-state index contributed by atoms with van der Waals surface area (Å²) in [7, 11) is 0. The second-order valence-electron chi connectivity index (χ2n) is 8.30. The molecule has 1 aromatic heterocycles. The molecule has 0 fully saturated rings. The minimum atomic E-state index is -0.884. The number of hydrogen-bond acceptors (Lipinski definition) is 5. The number of benzene rings is 2. The number of aromatic nitrogens is 3. The molecular weight excluding hydrogens is 576 g/mol. The zero-order valence-electron chi connectivity index (χ0n) is 19.8. The normalized spacial score (nSPS) is 12.0. The van der Waals surface area contributed by atoms with Crippen molar-refractivity contribution >= 4 is 56.8 Å². The molecule has 3 rings (SSSR count). The van der Waals surface area contributed by atoms with E-state index < -0.39 is 23.6 Å². The molecule has 2 N–H and O–H groups in total. The lowest BCUT2D eigenvalue weighted by Crippen LogP contribution is -2.31. The molecule has 0 saturated carbocycles. The molecule has 0 aliphatic heterocycles. The van der Waals surface area contributed by atoms with Crippen LogP contribution in [0.25, 0.3) is 0 Å². The number of amides is 2. The third-order valence-corrected chi connectivity index (χ3v) is 7.03. The van der Waals surface area contributed by atoms with Gasteiger partial charge < -0.3 is 15.2 Å². The standard InChI is InChI=1S/C24H25BrClF2N5O2S/c1-4-33-22(19(9-13(2)3)29-23(35)15-7-5-6-8-17(15)26)31-32-24(33)36-12-20(34)30-21-16(25)10-14(27)11-18(21)28/h5-8,10-11,13,19H,4,9,12H2,1-3H3,(H,29,35)(H,30,34)/t19-/m0/s1. The molecule has 0 aliphatic rings. The zero-order valence-corrected chi connectivity index (χ0v) is 23.0. The Kier molecular flexibility index (Phi) is 9.86. The van der Waals surface area contributed by atoms with Crippen molar-refractivity contribution in [2.45, 2.75) is 44.9 Å². The molecule has 0 unspecified atom stereocenters. The minimum absolute atomic E-state index is 0.0811. The molecular formula is C24H25BrClF2N5O2S. The molecule has 0 spiro atoms. The van der Waals surface area contributed by atoms with Crippen molar-refractivity contribution < 1.29 is 18.4 Å². The van der Waals surface area contributed by atoms with E-state index in [2.05, 4.69) is 36.8 Å². The van der Waals surface area contributed by atoms with Crippen LogP contribution in [-0.4, -0.2) is 32.3 Å². The second kappa shape index (κ2) is 12.6. The van der Waals surface area contributed by atoms with Crippen molar-refractivity contribution in [3.63, 3.8) is 0 Å². The number of anilines is 1. The van der Waals surface area contributed by atoms with Crippen LogP contribution in [0.4, 0.5) is 14.5 Å². The van der Waals surface area contributed by atoms with Crippen LogP contribution in [0.3, 0.4) is 0 Å². The van der Waals surface area contributed by atoms with Crippen molar-refractivity contribution in [1.82, 2.24) is 20.1 Å². The van der Waals surface area contributed by atoms with Crippen LogP contribution in [0.15, 0.2) is 46.0 Å². The average Bonchev–Trinajstić information content (AvgIpc) is 3.22. The molecule has 1 heterocycles. The molecule has 36 heavy (non-hydrogen) atoms. The smallest absolute Gasteiger partial charge is 0.253 e. The average molecular weight is 601 g/mol. The van der Waals surface area contributed by atoms with Crippen LogP contribution in [0.5, 0.6) is 0 Å². The van der Waals surface area contributed by atoms with Gasteiger partial charge in [0, 0.05) is 17.1 Å². The fraction of sp³-hybridized carbons (Fsp3) is 0.333. The summed E-state index contributed by atoms with van der Waals surface area (Å²) in [4.78, 5) is 25.4. The van der Waals surface area contributed by atoms with E-state index in [-0.39, 0.29) is 27.7 Å². The minimum Gasteiger partial charge on any atom is -0.342 e. The van der Waals surface area contributed by atoms with Gasteiger partial charge in [-0.25, -0.2) is 8.78 Å². The maximum Gasteiger partial charge on any atom is 0.253 e. The Bertz CT molecular complexity index is 1230. The number of carbonyl (C=O) groups is 2. The van der Waals surface area contributed by atoms with Gasteiger partial charge in [-0.2, -0.15) is 0 Å². The lowest BCUT2D eigenvalue weighted by Gasteiger charge is -2.21. The van der Waals surface area contributed by atoms with Crippen LogP contribution < -0.4 is 10.6 Å². The first-order valence-electron chi connectivity index (χ1n) is 11.2. The molecule has 2 amide bonds. The van der Waals surface area contributed by atoms with Gasteiger partial charge in [0.1, 0.15) is 5.82 Å². The Morgan fingerprint density at radius 1 is 1.19 bits per heavy atom. The summed E-state index contributed by atoms with van der Waals surface area (Å²) in [6, 6.07) is 8.12. The summed E-state index contributed by atoms with van der Waals surface area (Å²) in [5.74, 6) is -1.74. The summed E-state index contributed by atoms with van der Waals surface area (Å²) in [6.07, 6.45) is 0.608. The van der Waals surface area contributed by atoms with E-state index >= 15 is 0 Å². The highest BCUT2D eigenvalue weighted by Gasteiger charge is 2.25. The number of carbonyl (C=O) groups excluding carboxylic acids is 2. The fourth-order valence-corrected chi connectivity index (χ4v) is 5.05. The Morgan fingerprint density at radius 3 is 2.56 bits per heavy atom. The first-order chi connectivity index (χ1) is 17.1. The van der Waals surface area contributed by atoms with Gasteiger partial charge in [-0.3, -0.25) is 9.59 Å². The SMILES string of the molecule is CCn1c(SCC(=O)Nc2c(F)cc(F)cc2Br)nnc1[C@H](CC(C)C)NC(=O)c1ccccc1Cl. The Labute approximate surface area is 225 Å². The number of hydrogen-bond donors (Lipinski definition) is 2. The topological polar surface area (TPSA) is 88.9 Å². The van der Waals surface area contributed by atoms with Crippen LogP contribution in [0.1, 0.15) is 49.4 Å². The molecule has 2 aromatic carbocycles. The number of nitrogens with one attached hydrogen (secondary N) is 2. The zero-order chi connectivity index (χ0) is 26.4. The van der Waals surface area contributed by atoms with Crippen LogP contribution >= 0.6 is 39.3 Å². The van der Waals surface area contributed by atoms with E-state index in [1.54, 1.807) is 24.3 Å². The number of thioether (sulfide) groups is 1. The van der Waals surface area contributed by atoms with Gasteiger partial charge in [0.25, 0.3) is 5.91 Å². The maximum absolute atomic E-state index is 14.0. The molecule has 192 valence electrons. The van der Waals surface area contributed by atoms with Crippen molar-refractivity contribution in [3.05, 3.63) is 68.9 Å². The summed E-state index contributed by atoms with van der Waals surface area (Å²) < 4.78 is 29.3. The first-order valence-corrected chi connectivity index (χ1v) is 13.3. The quantitative estimate of drug-likeness (QED) is 0.269. The Morgan fingerprint density at radius 2 is 1.92 bits per heavy atom. The molecule has 7 nitrogen and oxygen atoms in total. The fourth-order valence-electron chi connectivity index (χ4n) is 3.51. The molecule has 12 heteroatoms. The van der Waals surface area contributed by atoms with E-state index in [0.717, 1.165) is 17.8 Å². The summed E-state index contributed by atoms with van der Waals surface area (Å²) in [6.45, 7) is 6.48. The van der Waals surface area contributed by atoms with Gasteiger partial charge in [0.2, 0.25) is 5.91 Å². The van der Waals surface area contributed by atoms with Gasteiger partial charge in [0.15, 0.2) is 16.8 Å². The summed E-state index contributed by atoms with van der Waals surface area (Å²) in [5, 5.41) is 14.8. The predicted octanol–water partition coefficient (Wildman–Crippen LogP) is 6.24. The highest BCUT2D eigenvalue weighted by atomic mass is 79.9. The van der Waals surface area contributed by atoms with Crippen molar-refractivity contribution in [1.29, 1.82) is 0 Å². The van der Waals surface area contributed by atoms with E-state index in [1.165, 1.54) is 0 Å². The van der Waals surface area contributed by atoms with E-state index in [1.807, 2.05) is 25.3 Å². The highest BCUT2D eigenvalue weighted by Crippen LogP contribution is 2.29. The Hall–Kier alpha value is -2.50. The van der Waals surface area contributed by atoms with Gasteiger partial charge in [-0.15, -0.1) is 10.2 Å². The Balaban J connectivity index is 1.75. The lowest BCUT2D eigenvalue weighted by atomic mass is 10.0. The lowest BCUT2D eigenvalue weighted by molar-refractivity contribution is -0.113. The molecule has 1 atom stereocenters. The summed E-state index contributed by atoms with van der Waals surface area (Å²) in [5.41, 5.74) is 0.222. The van der Waals surface area contributed by atoms with Gasteiger partial charge in [0.05, 0.1) is 28.1 Å². The van der Waals surface area contributed by atoms with E-state index in [4.69, 9.17) is 11.6 Å². The van der Waals surface area contributed by atoms with Crippen molar-refractivity contribution in [2.75, 3.05) is 11.1 Å². The molecule has 0 bridgehead atoms. The molecule has 3 aromatic rings. The maximum atomic E-state index is 14.0. The van der Waals surface area contributed by atoms with Gasteiger partial charge >= 0.3 is 0 Å². The second-order valence-corrected chi connectivity index (χ2v) is 10.5. The van der Waals surface area contributed by atoms with Crippen LogP contribution in [-0.2, 0) is 11.3 Å². The van der Waals surface area contributed by atoms with E-state index in [9.17, 15) is 18.4 Å². The van der Waals surface area contributed by atoms with Gasteiger partial charge in [-0.1, -0.05) is 49.3 Å². The molecule has 0 saturated heterocycles. The number of halogens is 4. The van der Waals surface area contributed by atoms with Crippen molar-refractivity contribution in [2.24, 2.45) is 5.92 Å². The monoisotopic (exact) mass is 599 g/mol. The summed E-state index contributed by atoms with van der Waals surface area (Å²) >= 11 is 10.4. The number of nitrogens with zero attached hydrogens (tertiary/aromatic N) is 3.